The summed E-state index contributed by atoms with van der Waals surface area (Å²) < 4.78 is 11.1. The number of benzene rings is 4. The Kier molecular flexibility index (Phi) is 14.1. The minimum atomic E-state index is -1.67. The third-order valence-electron chi connectivity index (χ3n) is 8.32. The van der Waals surface area contributed by atoms with Crippen molar-refractivity contribution in [2.45, 2.75) is 70.6 Å². The van der Waals surface area contributed by atoms with Gasteiger partial charge in [0.1, 0.15) is 28.9 Å². The Bertz CT molecular complexity index is 1130. The smallest absolute Gasteiger partial charge is 0.118 e. The molecule has 3 heteroatoms. The van der Waals surface area contributed by atoms with Crippen molar-refractivity contribution >= 4 is 23.2 Å². The van der Waals surface area contributed by atoms with Crippen LogP contribution in [0.2, 0.25) is 0 Å². The maximum atomic E-state index is 5.86. The molecule has 0 spiro atoms. The van der Waals surface area contributed by atoms with Crippen LogP contribution in [0.25, 0.3) is 0 Å². The number of hydrogen-bond acceptors (Lipinski definition) is 2. The third kappa shape index (κ3) is 9.82. The zero-order valence-electron chi connectivity index (χ0n) is 25.6. The molecule has 0 N–H and O–H groups in total. The summed E-state index contributed by atoms with van der Waals surface area (Å²) in [5.74, 6) is 0.911. The van der Waals surface area contributed by atoms with E-state index in [0.717, 1.165) is 25.4 Å². The number of unbranched alkanes of at least 4 members (excludes halogenated alkanes) is 9. The summed E-state index contributed by atoms with van der Waals surface area (Å²) in [6.07, 6.45) is 15.4. The molecule has 222 valence electrons. The lowest BCUT2D eigenvalue weighted by atomic mass is 10.1. The van der Waals surface area contributed by atoms with E-state index >= 15 is 0 Å². The van der Waals surface area contributed by atoms with E-state index in [4.69, 9.17) is 9.47 Å². The minimum Gasteiger partial charge on any atom is -0.497 e. The Labute approximate surface area is 255 Å². The van der Waals surface area contributed by atoms with Gasteiger partial charge in [-0.2, -0.15) is 0 Å². The molecular formula is C39H50O2P+. The summed E-state index contributed by atoms with van der Waals surface area (Å²) in [5, 5.41) is 4.51. The van der Waals surface area contributed by atoms with Crippen LogP contribution in [-0.4, -0.2) is 26.5 Å². The van der Waals surface area contributed by atoms with Crippen LogP contribution in [0.5, 0.6) is 5.75 Å². The number of hydrogen-bond donors (Lipinski definition) is 0. The molecule has 0 aliphatic carbocycles. The van der Waals surface area contributed by atoms with E-state index in [9.17, 15) is 0 Å². The lowest BCUT2D eigenvalue weighted by Crippen LogP contribution is -2.33. The van der Waals surface area contributed by atoms with Gasteiger partial charge in [-0.1, -0.05) is 112 Å². The van der Waals surface area contributed by atoms with Crippen LogP contribution in [0.15, 0.2) is 115 Å². The Balaban J connectivity index is 1.10. The Morgan fingerprint density at radius 2 is 0.881 bits per heavy atom. The summed E-state index contributed by atoms with van der Waals surface area (Å²) >= 11 is 0. The summed E-state index contributed by atoms with van der Waals surface area (Å²) in [6.45, 7) is 1.69. The fourth-order valence-corrected chi connectivity index (χ4v) is 10.3. The van der Waals surface area contributed by atoms with E-state index < -0.39 is 7.26 Å². The second-order valence-corrected chi connectivity index (χ2v) is 14.9. The lowest BCUT2D eigenvalue weighted by molar-refractivity contribution is 0.133. The molecule has 0 heterocycles. The molecule has 4 aromatic carbocycles. The van der Waals surface area contributed by atoms with Gasteiger partial charge in [-0.25, -0.2) is 0 Å². The zero-order chi connectivity index (χ0) is 29.1. The van der Waals surface area contributed by atoms with Crippen molar-refractivity contribution in [3.63, 3.8) is 0 Å². The first-order valence-electron chi connectivity index (χ1n) is 16.1. The SMILES string of the molecule is COc1ccc(CCOCCCCCCCCCCCC[P+](c2ccccc2)(c2ccccc2)c2ccccc2)cc1. The molecule has 0 fully saturated rings. The van der Waals surface area contributed by atoms with Crippen molar-refractivity contribution in [1.82, 2.24) is 0 Å². The zero-order valence-corrected chi connectivity index (χ0v) is 26.5. The molecule has 4 rings (SSSR count). The van der Waals surface area contributed by atoms with E-state index in [2.05, 4.69) is 103 Å². The molecule has 0 aliphatic heterocycles. The normalized spacial score (nSPS) is 11.5. The fraction of sp³-hybridized carbons (Fsp3) is 0.385. The minimum absolute atomic E-state index is 0.803. The molecule has 2 nitrogen and oxygen atoms in total. The highest BCUT2D eigenvalue weighted by atomic mass is 31.2. The number of rotatable bonds is 20. The van der Waals surface area contributed by atoms with Gasteiger partial charge in [0.2, 0.25) is 0 Å². The van der Waals surface area contributed by atoms with Crippen molar-refractivity contribution in [3.8, 4) is 5.75 Å². The highest BCUT2D eigenvalue weighted by Gasteiger charge is 2.44. The van der Waals surface area contributed by atoms with Gasteiger partial charge in [0.15, 0.2) is 0 Å². The molecule has 0 saturated carbocycles. The van der Waals surface area contributed by atoms with Crippen LogP contribution >= 0.6 is 7.26 Å². The molecule has 0 aliphatic rings. The van der Waals surface area contributed by atoms with Crippen LogP contribution in [-0.2, 0) is 11.2 Å². The average Bonchev–Trinajstić information content (AvgIpc) is 3.06. The Morgan fingerprint density at radius 3 is 1.33 bits per heavy atom. The van der Waals surface area contributed by atoms with Gasteiger partial charge in [0.25, 0.3) is 0 Å². The van der Waals surface area contributed by atoms with E-state index in [-0.39, 0.29) is 0 Å². The molecule has 0 bridgehead atoms. The number of methoxy groups -OCH3 is 1. The van der Waals surface area contributed by atoms with Gasteiger partial charge in [0.05, 0.1) is 19.9 Å². The van der Waals surface area contributed by atoms with Crippen LogP contribution in [0, 0.1) is 0 Å². The summed E-state index contributed by atoms with van der Waals surface area (Å²) in [4.78, 5) is 0. The lowest BCUT2D eigenvalue weighted by Gasteiger charge is -2.27. The van der Waals surface area contributed by atoms with Crippen molar-refractivity contribution < 1.29 is 9.47 Å². The van der Waals surface area contributed by atoms with Crippen molar-refractivity contribution in [1.29, 1.82) is 0 Å². The maximum absolute atomic E-state index is 5.86. The number of ether oxygens (including phenoxy) is 2. The monoisotopic (exact) mass is 581 g/mol. The third-order valence-corrected chi connectivity index (χ3v) is 12.8. The first-order chi connectivity index (χ1) is 20.8. The quantitative estimate of drug-likeness (QED) is 0.0765. The second-order valence-electron chi connectivity index (χ2n) is 11.3. The molecule has 0 amide bonds. The predicted molar refractivity (Wildman–Crippen MR) is 184 cm³/mol. The topological polar surface area (TPSA) is 18.5 Å². The van der Waals surface area contributed by atoms with Gasteiger partial charge >= 0.3 is 0 Å². The van der Waals surface area contributed by atoms with Crippen molar-refractivity contribution in [2.24, 2.45) is 0 Å². The maximum Gasteiger partial charge on any atom is 0.118 e. The van der Waals surface area contributed by atoms with E-state index in [1.54, 1.807) is 7.11 Å². The fourth-order valence-electron chi connectivity index (χ4n) is 5.93. The van der Waals surface area contributed by atoms with E-state index in [1.807, 2.05) is 12.1 Å². The van der Waals surface area contributed by atoms with Crippen LogP contribution in [0.4, 0.5) is 0 Å². The van der Waals surface area contributed by atoms with Gasteiger partial charge in [-0.15, -0.1) is 0 Å². The largest absolute Gasteiger partial charge is 0.497 e. The molecule has 4 aromatic rings. The molecule has 0 saturated heterocycles. The van der Waals surface area contributed by atoms with E-state index in [1.165, 1.54) is 91.8 Å². The van der Waals surface area contributed by atoms with Gasteiger partial charge < -0.3 is 9.47 Å². The van der Waals surface area contributed by atoms with Crippen LogP contribution in [0.3, 0.4) is 0 Å². The van der Waals surface area contributed by atoms with Gasteiger partial charge in [-0.05, 0) is 79.8 Å². The van der Waals surface area contributed by atoms with Crippen molar-refractivity contribution in [3.05, 3.63) is 121 Å². The average molecular weight is 582 g/mol. The standard InChI is InChI=1S/C39H50O2P/c1-40-36-29-27-35(28-30-36)31-33-41-32-19-8-6-4-2-3-5-7-9-20-34-42(37-21-13-10-14-22-37,38-23-15-11-16-24-38)39-25-17-12-18-26-39/h10-18,21-30H,2-9,19-20,31-34H2,1H3/q+1. The molecule has 0 unspecified atom stereocenters. The predicted octanol–water partition coefficient (Wildman–Crippen LogP) is 9.15. The summed E-state index contributed by atoms with van der Waals surface area (Å²) in [6, 6.07) is 42.2. The van der Waals surface area contributed by atoms with Crippen molar-refractivity contribution in [2.75, 3.05) is 26.5 Å². The highest BCUT2D eigenvalue weighted by molar-refractivity contribution is 7.95. The molecule has 0 aromatic heterocycles. The molecular weight excluding hydrogens is 531 g/mol. The van der Waals surface area contributed by atoms with Gasteiger partial charge in [-0.3, -0.25) is 0 Å². The first-order valence-corrected chi connectivity index (χ1v) is 18.1. The summed E-state index contributed by atoms with van der Waals surface area (Å²) in [7, 11) is 0.0330. The Hall–Kier alpha value is -2.93. The van der Waals surface area contributed by atoms with Crippen LogP contribution in [0.1, 0.15) is 69.8 Å². The van der Waals surface area contributed by atoms with Crippen LogP contribution < -0.4 is 20.7 Å². The second kappa shape index (κ2) is 18.6. The molecule has 0 radical (unpaired) electrons. The molecule has 42 heavy (non-hydrogen) atoms. The highest BCUT2D eigenvalue weighted by Crippen LogP contribution is 2.56. The first kappa shape index (κ1) is 32.0. The van der Waals surface area contributed by atoms with E-state index in [0.29, 0.717) is 0 Å². The van der Waals surface area contributed by atoms with Gasteiger partial charge in [0, 0.05) is 6.61 Å². The summed E-state index contributed by atoms with van der Waals surface area (Å²) in [5.41, 5.74) is 1.31. The Morgan fingerprint density at radius 1 is 0.452 bits per heavy atom. The molecule has 0 atom stereocenters.